The molecule has 0 unspecified atom stereocenters. The normalized spacial score (nSPS) is 17.4. The molecule has 1 fully saturated rings. The van der Waals surface area contributed by atoms with Gasteiger partial charge in [0.25, 0.3) is 5.91 Å². The number of amides is 1. The second-order valence-electron chi connectivity index (χ2n) is 7.92. The maximum atomic E-state index is 13.0. The van der Waals surface area contributed by atoms with E-state index in [1.807, 2.05) is 48.0 Å². The van der Waals surface area contributed by atoms with E-state index in [9.17, 15) is 4.79 Å². The fourth-order valence-electron chi connectivity index (χ4n) is 4.13. The molecule has 3 aromatic rings. The molecule has 0 spiro atoms. The van der Waals surface area contributed by atoms with Crippen molar-refractivity contribution in [1.82, 2.24) is 24.6 Å². The SMILES string of the molecule is CN(C(=O)c1cc(-c2cccn2C)n[nH]1)[C@H]1CCCN(CCc2ccccc2)C1. The molecule has 0 bridgehead atoms. The van der Waals surface area contributed by atoms with E-state index >= 15 is 0 Å². The Kier molecular flexibility index (Phi) is 5.81. The summed E-state index contributed by atoms with van der Waals surface area (Å²) >= 11 is 0. The Bertz CT molecular complexity index is 945. The van der Waals surface area contributed by atoms with Crippen molar-refractivity contribution in [2.45, 2.75) is 25.3 Å². The molecular formula is C23H29N5O. The Labute approximate surface area is 172 Å². The number of likely N-dealkylation sites (N-methyl/N-ethyl adjacent to an activating group) is 1. The van der Waals surface area contributed by atoms with Gasteiger partial charge in [-0.3, -0.25) is 9.89 Å². The van der Waals surface area contributed by atoms with Crippen LogP contribution in [0.4, 0.5) is 0 Å². The first-order valence-corrected chi connectivity index (χ1v) is 10.3. The quantitative estimate of drug-likeness (QED) is 0.702. The zero-order chi connectivity index (χ0) is 20.2. The summed E-state index contributed by atoms with van der Waals surface area (Å²) < 4.78 is 2.00. The highest BCUT2D eigenvalue weighted by molar-refractivity contribution is 5.93. The van der Waals surface area contributed by atoms with Gasteiger partial charge in [-0.1, -0.05) is 30.3 Å². The van der Waals surface area contributed by atoms with Crippen LogP contribution in [-0.2, 0) is 13.5 Å². The van der Waals surface area contributed by atoms with Gasteiger partial charge in [0, 0.05) is 39.4 Å². The van der Waals surface area contributed by atoms with E-state index in [2.05, 4.69) is 45.4 Å². The van der Waals surface area contributed by atoms with E-state index < -0.39 is 0 Å². The van der Waals surface area contributed by atoms with E-state index in [0.717, 1.165) is 50.3 Å². The molecule has 1 amide bonds. The molecule has 1 aliphatic rings. The van der Waals surface area contributed by atoms with Crippen LogP contribution in [-0.4, -0.2) is 63.2 Å². The number of benzene rings is 1. The van der Waals surface area contributed by atoms with Crippen LogP contribution in [0.25, 0.3) is 11.4 Å². The van der Waals surface area contributed by atoms with Gasteiger partial charge in [-0.15, -0.1) is 0 Å². The number of carbonyl (C=O) groups is 1. The highest BCUT2D eigenvalue weighted by Gasteiger charge is 2.27. The lowest BCUT2D eigenvalue weighted by Crippen LogP contribution is -2.49. The van der Waals surface area contributed by atoms with Crippen LogP contribution >= 0.6 is 0 Å². The van der Waals surface area contributed by atoms with E-state index in [1.54, 1.807) is 0 Å². The Morgan fingerprint density at radius 1 is 1.24 bits per heavy atom. The summed E-state index contributed by atoms with van der Waals surface area (Å²) in [5.74, 6) is 0.00729. The van der Waals surface area contributed by atoms with Crippen molar-refractivity contribution in [3.8, 4) is 11.4 Å². The van der Waals surface area contributed by atoms with Crippen molar-refractivity contribution in [3.05, 3.63) is 66.0 Å². The first kappa shape index (κ1) is 19.5. The minimum Gasteiger partial charge on any atom is -0.349 e. The monoisotopic (exact) mass is 391 g/mol. The maximum Gasteiger partial charge on any atom is 0.271 e. The number of piperidine rings is 1. The Morgan fingerprint density at radius 3 is 2.83 bits per heavy atom. The van der Waals surface area contributed by atoms with Crippen LogP contribution in [0.2, 0.25) is 0 Å². The predicted molar refractivity (Wildman–Crippen MR) is 115 cm³/mol. The molecule has 6 nitrogen and oxygen atoms in total. The Hall–Kier alpha value is -2.86. The van der Waals surface area contributed by atoms with Crippen molar-refractivity contribution in [3.63, 3.8) is 0 Å². The van der Waals surface area contributed by atoms with Gasteiger partial charge < -0.3 is 14.4 Å². The molecule has 1 saturated heterocycles. The molecule has 0 saturated carbocycles. The average molecular weight is 392 g/mol. The van der Waals surface area contributed by atoms with Crippen molar-refractivity contribution in [2.75, 3.05) is 26.7 Å². The first-order valence-electron chi connectivity index (χ1n) is 10.3. The van der Waals surface area contributed by atoms with Crippen molar-refractivity contribution < 1.29 is 4.79 Å². The first-order chi connectivity index (χ1) is 14.1. The van der Waals surface area contributed by atoms with Crippen LogP contribution in [0.1, 0.15) is 28.9 Å². The Balaban J connectivity index is 1.37. The number of aromatic amines is 1. The third-order valence-electron chi connectivity index (χ3n) is 5.92. The Morgan fingerprint density at radius 2 is 2.07 bits per heavy atom. The molecule has 1 aliphatic heterocycles. The molecule has 1 aromatic carbocycles. The maximum absolute atomic E-state index is 13.0. The number of hydrogen-bond donors (Lipinski definition) is 1. The minimum absolute atomic E-state index is 0.00729. The number of carbonyl (C=O) groups excluding carboxylic acids is 1. The molecule has 3 heterocycles. The lowest BCUT2D eigenvalue weighted by atomic mass is 10.0. The molecule has 29 heavy (non-hydrogen) atoms. The molecule has 1 N–H and O–H groups in total. The number of likely N-dealkylation sites (tertiary alicyclic amines) is 1. The number of H-pyrrole nitrogens is 1. The fraction of sp³-hybridized carbons (Fsp3) is 0.391. The zero-order valence-corrected chi connectivity index (χ0v) is 17.2. The lowest BCUT2D eigenvalue weighted by molar-refractivity contribution is 0.0613. The van der Waals surface area contributed by atoms with Gasteiger partial charge in [0.15, 0.2) is 0 Å². The smallest absolute Gasteiger partial charge is 0.271 e. The van der Waals surface area contributed by atoms with Crippen LogP contribution in [0.5, 0.6) is 0 Å². The van der Waals surface area contributed by atoms with E-state index in [-0.39, 0.29) is 11.9 Å². The lowest BCUT2D eigenvalue weighted by Gasteiger charge is -2.37. The molecule has 0 aliphatic carbocycles. The standard InChI is InChI=1S/C23H29N5O/c1-26-13-7-11-22(26)20-16-21(25-24-20)23(29)27(2)19-10-6-14-28(17-19)15-12-18-8-4-3-5-9-18/h3-5,7-9,11,13,16,19H,6,10,12,14-15,17H2,1-2H3,(H,24,25)/t19-/m0/s1. The van der Waals surface area contributed by atoms with Crippen LogP contribution < -0.4 is 0 Å². The molecule has 1 atom stereocenters. The highest BCUT2D eigenvalue weighted by atomic mass is 16.2. The summed E-state index contributed by atoms with van der Waals surface area (Å²) in [7, 11) is 3.89. The van der Waals surface area contributed by atoms with Crippen LogP contribution in [0.3, 0.4) is 0 Å². The number of nitrogens with one attached hydrogen (secondary N) is 1. The second-order valence-corrected chi connectivity index (χ2v) is 7.92. The molecule has 4 rings (SSSR count). The number of aryl methyl sites for hydroxylation is 1. The summed E-state index contributed by atoms with van der Waals surface area (Å²) in [4.78, 5) is 17.4. The second kappa shape index (κ2) is 8.66. The van der Waals surface area contributed by atoms with Gasteiger partial charge in [0.2, 0.25) is 0 Å². The zero-order valence-electron chi connectivity index (χ0n) is 17.2. The largest absolute Gasteiger partial charge is 0.349 e. The number of rotatable bonds is 6. The molecule has 6 heteroatoms. The van der Waals surface area contributed by atoms with Gasteiger partial charge in [0.05, 0.1) is 5.69 Å². The van der Waals surface area contributed by atoms with Gasteiger partial charge in [-0.2, -0.15) is 5.10 Å². The van der Waals surface area contributed by atoms with Crippen LogP contribution in [0, 0.1) is 0 Å². The minimum atomic E-state index is 0.00729. The van der Waals surface area contributed by atoms with E-state index in [0.29, 0.717) is 5.69 Å². The third kappa shape index (κ3) is 4.43. The van der Waals surface area contributed by atoms with Gasteiger partial charge in [0.1, 0.15) is 11.4 Å². The molecule has 2 aromatic heterocycles. The summed E-state index contributed by atoms with van der Waals surface area (Å²) in [6.45, 7) is 3.06. The topological polar surface area (TPSA) is 57.2 Å². The van der Waals surface area contributed by atoms with Gasteiger partial charge in [-0.25, -0.2) is 0 Å². The molecule has 0 radical (unpaired) electrons. The van der Waals surface area contributed by atoms with Crippen LogP contribution in [0.15, 0.2) is 54.7 Å². The predicted octanol–water partition coefficient (Wildman–Crippen LogP) is 3.19. The van der Waals surface area contributed by atoms with E-state index in [1.165, 1.54) is 5.56 Å². The van der Waals surface area contributed by atoms with Gasteiger partial charge in [-0.05, 0) is 49.6 Å². The fourth-order valence-corrected chi connectivity index (χ4v) is 4.13. The number of nitrogens with zero attached hydrogens (tertiary/aromatic N) is 4. The van der Waals surface area contributed by atoms with Gasteiger partial charge >= 0.3 is 0 Å². The highest BCUT2D eigenvalue weighted by Crippen LogP contribution is 2.20. The summed E-state index contributed by atoms with van der Waals surface area (Å²) in [6, 6.07) is 16.7. The average Bonchev–Trinajstić information content (AvgIpc) is 3.41. The third-order valence-corrected chi connectivity index (χ3v) is 5.92. The molecule has 152 valence electrons. The number of aromatic nitrogens is 3. The van der Waals surface area contributed by atoms with Crippen molar-refractivity contribution >= 4 is 5.91 Å². The van der Waals surface area contributed by atoms with Crippen molar-refractivity contribution in [2.24, 2.45) is 7.05 Å². The van der Waals surface area contributed by atoms with Crippen molar-refractivity contribution in [1.29, 1.82) is 0 Å². The summed E-state index contributed by atoms with van der Waals surface area (Å²) in [6.07, 6.45) is 5.19. The summed E-state index contributed by atoms with van der Waals surface area (Å²) in [5.41, 5.74) is 3.70. The van der Waals surface area contributed by atoms with E-state index in [4.69, 9.17) is 0 Å². The summed E-state index contributed by atoms with van der Waals surface area (Å²) in [5, 5.41) is 7.27. The number of hydrogen-bond acceptors (Lipinski definition) is 3. The molecular weight excluding hydrogens is 362 g/mol.